The van der Waals surface area contributed by atoms with Gasteiger partial charge in [0.15, 0.2) is 0 Å². The molecule has 0 radical (unpaired) electrons. The van der Waals surface area contributed by atoms with Gasteiger partial charge in [0.25, 0.3) is 0 Å². The smallest absolute Gasteiger partial charge is 0.00131 e. The molecule has 0 aliphatic rings. The van der Waals surface area contributed by atoms with E-state index in [1.54, 1.807) is 0 Å². The maximum atomic E-state index is 2.51. The molecule has 0 amide bonds. The Bertz CT molecular complexity index is 98.0. The van der Waals surface area contributed by atoms with Gasteiger partial charge in [0.2, 0.25) is 0 Å². The van der Waals surface area contributed by atoms with Crippen LogP contribution in [0.5, 0.6) is 0 Å². The molecule has 74 valence electrons. The summed E-state index contributed by atoms with van der Waals surface area (Å²) in [5.41, 5.74) is 0.931. The van der Waals surface area contributed by atoms with Gasteiger partial charge in [0, 0.05) is 0 Å². The van der Waals surface area contributed by atoms with Crippen molar-refractivity contribution in [2.24, 2.45) is 0 Å². The molecule has 0 rings (SSSR count). The highest BCUT2D eigenvalue weighted by Crippen LogP contribution is 2.33. The third kappa shape index (κ3) is 5.11. The maximum absolute atomic E-state index is 2.51. The Kier molecular flexibility index (Phi) is 7.08. The van der Waals surface area contributed by atoms with E-state index >= 15 is 0 Å². The minimum absolute atomic E-state index is 0.271. The van der Waals surface area contributed by atoms with Crippen molar-refractivity contribution in [3.63, 3.8) is 0 Å². The SMILES string of the molecule is CCN(CC)CCC(C)P(C)C. The first kappa shape index (κ1) is 12.4. The second kappa shape index (κ2) is 6.86. The van der Waals surface area contributed by atoms with E-state index < -0.39 is 0 Å². The van der Waals surface area contributed by atoms with Gasteiger partial charge >= 0.3 is 0 Å². The highest BCUT2D eigenvalue weighted by molar-refractivity contribution is 7.56. The number of nitrogens with zero attached hydrogens (tertiary/aromatic N) is 1. The Morgan fingerprint density at radius 3 is 2.00 bits per heavy atom. The molecule has 0 aliphatic heterocycles. The summed E-state index contributed by atoms with van der Waals surface area (Å²) in [6, 6.07) is 0. The lowest BCUT2D eigenvalue weighted by atomic mass is 10.3. The maximum Gasteiger partial charge on any atom is -0.00131 e. The molecule has 0 aromatic rings. The first-order valence-corrected chi connectivity index (χ1v) is 7.31. The van der Waals surface area contributed by atoms with Gasteiger partial charge < -0.3 is 4.90 Å². The van der Waals surface area contributed by atoms with Crippen LogP contribution >= 0.6 is 7.92 Å². The molecule has 0 aromatic heterocycles. The zero-order valence-corrected chi connectivity index (χ0v) is 10.2. The third-order valence-corrected chi connectivity index (χ3v) is 4.66. The van der Waals surface area contributed by atoms with Gasteiger partial charge in [-0.25, -0.2) is 0 Å². The van der Waals surface area contributed by atoms with Crippen molar-refractivity contribution in [2.75, 3.05) is 33.0 Å². The summed E-state index contributed by atoms with van der Waals surface area (Å²) in [4.78, 5) is 2.51. The number of hydrogen-bond acceptors (Lipinski definition) is 1. The normalized spacial score (nSPS) is 14.2. The Morgan fingerprint density at radius 2 is 1.67 bits per heavy atom. The van der Waals surface area contributed by atoms with Gasteiger partial charge in [-0.1, -0.05) is 20.8 Å². The zero-order valence-electron chi connectivity index (χ0n) is 9.30. The Morgan fingerprint density at radius 1 is 1.17 bits per heavy atom. The molecule has 1 unspecified atom stereocenters. The van der Waals surface area contributed by atoms with E-state index in [9.17, 15) is 0 Å². The monoisotopic (exact) mass is 189 g/mol. The Hall–Kier alpha value is 0.390. The van der Waals surface area contributed by atoms with Crippen LogP contribution < -0.4 is 0 Å². The van der Waals surface area contributed by atoms with Crippen LogP contribution in [0, 0.1) is 0 Å². The van der Waals surface area contributed by atoms with Crippen LogP contribution in [0.25, 0.3) is 0 Å². The topological polar surface area (TPSA) is 3.24 Å². The van der Waals surface area contributed by atoms with Crippen molar-refractivity contribution in [3.05, 3.63) is 0 Å². The average Bonchev–Trinajstić information content (AvgIpc) is 2.05. The summed E-state index contributed by atoms with van der Waals surface area (Å²) in [7, 11) is 0.271. The largest absolute Gasteiger partial charge is 0.304 e. The summed E-state index contributed by atoms with van der Waals surface area (Å²) in [6.07, 6.45) is 1.38. The van der Waals surface area contributed by atoms with Crippen molar-refractivity contribution < 1.29 is 0 Å². The van der Waals surface area contributed by atoms with Gasteiger partial charge in [-0.15, -0.1) is 7.92 Å². The van der Waals surface area contributed by atoms with Crippen molar-refractivity contribution in [1.29, 1.82) is 0 Å². The van der Waals surface area contributed by atoms with E-state index in [1.807, 2.05) is 0 Å². The molecule has 0 heterocycles. The van der Waals surface area contributed by atoms with Crippen LogP contribution in [-0.4, -0.2) is 43.5 Å². The summed E-state index contributed by atoms with van der Waals surface area (Å²) >= 11 is 0. The van der Waals surface area contributed by atoms with E-state index in [4.69, 9.17) is 0 Å². The van der Waals surface area contributed by atoms with Crippen LogP contribution in [-0.2, 0) is 0 Å². The number of hydrogen-bond donors (Lipinski definition) is 0. The molecule has 0 saturated carbocycles. The van der Waals surface area contributed by atoms with Crippen molar-refractivity contribution in [2.45, 2.75) is 32.9 Å². The molecule has 1 nitrogen and oxygen atoms in total. The molecule has 1 atom stereocenters. The van der Waals surface area contributed by atoms with E-state index in [0.717, 1.165) is 5.66 Å². The average molecular weight is 189 g/mol. The fourth-order valence-electron chi connectivity index (χ4n) is 1.17. The van der Waals surface area contributed by atoms with Gasteiger partial charge in [-0.05, 0) is 45.0 Å². The molecule has 0 aliphatic carbocycles. The molecule has 0 spiro atoms. The molecular weight excluding hydrogens is 165 g/mol. The minimum Gasteiger partial charge on any atom is -0.304 e. The van der Waals surface area contributed by atoms with Crippen molar-refractivity contribution >= 4 is 7.92 Å². The van der Waals surface area contributed by atoms with Gasteiger partial charge in [-0.3, -0.25) is 0 Å². The second-order valence-electron chi connectivity index (χ2n) is 3.63. The fourth-order valence-corrected chi connectivity index (χ4v) is 1.80. The Balaban J connectivity index is 3.51. The first-order chi connectivity index (χ1) is 5.61. The second-order valence-corrected chi connectivity index (χ2v) is 6.44. The molecule has 12 heavy (non-hydrogen) atoms. The lowest BCUT2D eigenvalue weighted by Crippen LogP contribution is -2.25. The molecule has 2 heteroatoms. The standard InChI is InChI=1S/C10H24NP/c1-6-11(7-2)9-8-10(3)12(4)5/h10H,6-9H2,1-5H3. The van der Waals surface area contributed by atoms with Crippen LogP contribution in [0.15, 0.2) is 0 Å². The van der Waals surface area contributed by atoms with E-state index in [1.165, 1.54) is 26.1 Å². The summed E-state index contributed by atoms with van der Waals surface area (Å²) in [5.74, 6) is 0. The molecule has 0 fully saturated rings. The summed E-state index contributed by atoms with van der Waals surface area (Å²) < 4.78 is 0. The van der Waals surface area contributed by atoms with Crippen LogP contribution in [0.2, 0.25) is 0 Å². The highest BCUT2D eigenvalue weighted by Gasteiger charge is 2.07. The molecule has 0 aromatic carbocycles. The third-order valence-electron chi connectivity index (χ3n) is 2.64. The molecule has 0 bridgehead atoms. The first-order valence-electron chi connectivity index (χ1n) is 5.00. The quantitative estimate of drug-likeness (QED) is 0.581. The molecule has 0 saturated heterocycles. The lowest BCUT2D eigenvalue weighted by molar-refractivity contribution is 0.300. The number of rotatable bonds is 6. The van der Waals surface area contributed by atoms with Gasteiger partial charge in [0.05, 0.1) is 0 Å². The minimum atomic E-state index is 0.271. The van der Waals surface area contributed by atoms with Gasteiger partial charge in [0.1, 0.15) is 0 Å². The zero-order chi connectivity index (χ0) is 9.56. The van der Waals surface area contributed by atoms with Crippen LogP contribution in [0.3, 0.4) is 0 Å². The highest BCUT2D eigenvalue weighted by atomic mass is 31.1. The predicted octanol–water partition coefficient (Wildman–Crippen LogP) is 2.85. The van der Waals surface area contributed by atoms with E-state index in [0.29, 0.717) is 0 Å². The van der Waals surface area contributed by atoms with E-state index in [-0.39, 0.29) is 7.92 Å². The van der Waals surface area contributed by atoms with E-state index in [2.05, 4.69) is 39.0 Å². The summed E-state index contributed by atoms with van der Waals surface area (Å²) in [5, 5.41) is 0. The van der Waals surface area contributed by atoms with Crippen LogP contribution in [0.4, 0.5) is 0 Å². The predicted molar refractivity (Wildman–Crippen MR) is 60.6 cm³/mol. The summed E-state index contributed by atoms with van der Waals surface area (Å²) in [6.45, 7) is 15.3. The van der Waals surface area contributed by atoms with Crippen molar-refractivity contribution in [3.8, 4) is 0 Å². The van der Waals surface area contributed by atoms with Crippen LogP contribution in [0.1, 0.15) is 27.2 Å². The van der Waals surface area contributed by atoms with Gasteiger partial charge in [-0.2, -0.15) is 0 Å². The van der Waals surface area contributed by atoms with Crippen molar-refractivity contribution in [1.82, 2.24) is 4.90 Å². The fraction of sp³-hybridized carbons (Fsp3) is 1.00. The molecule has 0 N–H and O–H groups in total. The Labute approximate surface area is 79.3 Å². The molecular formula is C10H24NP. The lowest BCUT2D eigenvalue weighted by Gasteiger charge is -2.22.